The maximum Gasteiger partial charge on any atom is 0.00418 e. The number of nitrogens with zero attached hydrogens (tertiary/aromatic N) is 1. The van der Waals surface area contributed by atoms with Gasteiger partial charge >= 0.3 is 0 Å². The number of nitrogens with one attached hydrogen (secondary N) is 1. The fourth-order valence-corrected chi connectivity index (χ4v) is 2.46. The molecule has 0 aromatic heterocycles. The molecule has 0 aromatic rings. The summed E-state index contributed by atoms with van der Waals surface area (Å²) in [5, 5.41) is 3.52. The first-order valence-corrected chi connectivity index (χ1v) is 6.22. The standard InChI is InChI=1S/C12H26N2/c1-4-8-14(5-2)10-12-6-7-13-11(3)9-12/h11-13H,4-10H2,1-3H3. The molecule has 14 heavy (non-hydrogen) atoms. The van der Waals surface area contributed by atoms with Gasteiger partial charge < -0.3 is 10.2 Å². The fraction of sp³-hybridized carbons (Fsp3) is 1.00. The quantitative estimate of drug-likeness (QED) is 0.728. The van der Waals surface area contributed by atoms with Crippen LogP contribution in [0, 0.1) is 5.92 Å². The Balaban J connectivity index is 2.26. The van der Waals surface area contributed by atoms with E-state index in [1.165, 1.54) is 45.4 Å². The zero-order valence-electron chi connectivity index (χ0n) is 10.1. The third-order valence-electron chi connectivity index (χ3n) is 3.24. The maximum atomic E-state index is 3.52. The molecule has 0 aromatic carbocycles. The molecule has 2 atom stereocenters. The van der Waals surface area contributed by atoms with Crippen LogP contribution in [-0.4, -0.2) is 37.1 Å². The molecule has 1 N–H and O–H groups in total. The van der Waals surface area contributed by atoms with Crippen LogP contribution in [0.5, 0.6) is 0 Å². The molecule has 1 rings (SSSR count). The van der Waals surface area contributed by atoms with Gasteiger partial charge in [-0.1, -0.05) is 13.8 Å². The molecule has 2 unspecified atom stereocenters. The normalized spacial score (nSPS) is 28.3. The molecular weight excluding hydrogens is 172 g/mol. The van der Waals surface area contributed by atoms with Crippen molar-refractivity contribution in [3.8, 4) is 0 Å². The smallest absolute Gasteiger partial charge is 0.00418 e. The third-order valence-corrected chi connectivity index (χ3v) is 3.24. The molecule has 0 bridgehead atoms. The lowest BCUT2D eigenvalue weighted by molar-refractivity contribution is 0.198. The predicted octanol–water partition coefficient (Wildman–Crippen LogP) is 2.11. The fourth-order valence-electron chi connectivity index (χ4n) is 2.46. The van der Waals surface area contributed by atoms with E-state index in [0.29, 0.717) is 0 Å². The molecule has 0 aliphatic carbocycles. The van der Waals surface area contributed by atoms with Crippen LogP contribution >= 0.6 is 0 Å². The van der Waals surface area contributed by atoms with E-state index in [1.807, 2.05) is 0 Å². The van der Waals surface area contributed by atoms with E-state index in [-0.39, 0.29) is 0 Å². The van der Waals surface area contributed by atoms with Crippen LogP contribution < -0.4 is 5.32 Å². The monoisotopic (exact) mass is 198 g/mol. The van der Waals surface area contributed by atoms with E-state index in [9.17, 15) is 0 Å². The van der Waals surface area contributed by atoms with E-state index in [2.05, 4.69) is 31.0 Å². The Morgan fingerprint density at radius 2 is 2.14 bits per heavy atom. The first-order chi connectivity index (χ1) is 6.76. The Morgan fingerprint density at radius 1 is 1.36 bits per heavy atom. The van der Waals surface area contributed by atoms with Gasteiger partial charge in [0.1, 0.15) is 0 Å². The van der Waals surface area contributed by atoms with Crippen molar-refractivity contribution in [3.05, 3.63) is 0 Å². The molecule has 1 aliphatic rings. The van der Waals surface area contributed by atoms with Crippen molar-refractivity contribution in [1.82, 2.24) is 10.2 Å². The Kier molecular flexibility index (Phi) is 5.49. The summed E-state index contributed by atoms with van der Waals surface area (Å²) in [6.07, 6.45) is 4.01. The highest BCUT2D eigenvalue weighted by molar-refractivity contribution is 4.77. The van der Waals surface area contributed by atoms with Gasteiger partial charge in [-0.2, -0.15) is 0 Å². The van der Waals surface area contributed by atoms with Crippen molar-refractivity contribution < 1.29 is 0 Å². The Hall–Kier alpha value is -0.0800. The highest BCUT2D eigenvalue weighted by Gasteiger charge is 2.19. The van der Waals surface area contributed by atoms with Gasteiger partial charge in [0.15, 0.2) is 0 Å². The van der Waals surface area contributed by atoms with Gasteiger partial charge in [-0.25, -0.2) is 0 Å². The van der Waals surface area contributed by atoms with Gasteiger partial charge in [-0.3, -0.25) is 0 Å². The molecule has 1 heterocycles. The first-order valence-electron chi connectivity index (χ1n) is 6.22. The van der Waals surface area contributed by atoms with Crippen LogP contribution in [0.4, 0.5) is 0 Å². The van der Waals surface area contributed by atoms with Crippen molar-refractivity contribution in [2.24, 2.45) is 5.92 Å². The Bertz CT molecular complexity index is 147. The average molecular weight is 198 g/mol. The molecule has 0 radical (unpaired) electrons. The lowest BCUT2D eigenvalue weighted by Gasteiger charge is -2.32. The van der Waals surface area contributed by atoms with Gasteiger partial charge in [0.2, 0.25) is 0 Å². The highest BCUT2D eigenvalue weighted by Crippen LogP contribution is 2.17. The second kappa shape index (κ2) is 6.41. The molecular formula is C12H26N2. The van der Waals surface area contributed by atoms with Crippen molar-refractivity contribution in [2.45, 2.75) is 46.1 Å². The van der Waals surface area contributed by atoms with E-state index in [0.717, 1.165) is 12.0 Å². The lowest BCUT2D eigenvalue weighted by atomic mass is 9.93. The highest BCUT2D eigenvalue weighted by atomic mass is 15.1. The number of rotatable bonds is 5. The van der Waals surface area contributed by atoms with Crippen LogP contribution in [0.25, 0.3) is 0 Å². The van der Waals surface area contributed by atoms with Crippen LogP contribution in [0.1, 0.15) is 40.0 Å². The van der Waals surface area contributed by atoms with Gasteiger partial charge in [-0.05, 0) is 51.7 Å². The molecule has 0 saturated carbocycles. The largest absolute Gasteiger partial charge is 0.314 e. The second-order valence-electron chi connectivity index (χ2n) is 4.64. The minimum atomic E-state index is 0.731. The molecule has 2 nitrogen and oxygen atoms in total. The van der Waals surface area contributed by atoms with Crippen LogP contribution in [0.15, 0.2) is 0 Å². The maximum absolute atomic E-state index is 3.52. The topological polar surface area (TPSA) is 15.3 Å². The third kappa shape index (κ3) is 3.97. The van der Waals surface area contributed by atoms with Gasteiger partial charge in [0.05, 0.1) is 0 Å². The van der Waals surface area contributed by atoms with Crippen molar-refractivity contribution in [3.63, 3.8) is 0 Å². The van der Waals surface area contributed by atoms with Crippen molar-refractivity contribution in [2.75, 3.05) is 26.2 Å². The summed E-state index contributed by atoms with van der Waals surface area (Å²) in [5.41, 5.74) is 0. The molecule has 0 amide bonds. The van der Waals surface area contributed by atoms with Crippen LogP contribution in [0.2, 0.25) is 0 Å². The summed E-state index contributed by atoms with van der Waals surface area (Å²) in [4.78, 5) is 2.60. The van der Waals surface area contributed by atoms with Crippen LogP contribution in [0.3, 0.4) is 0 Å². The summed E-state index contributed by atoms with van der Waals surface area (Å²) in [5.74, 6) is 0.928. The van der Waals surface area contributed by atoms with Crippen LogP contribution in [-0.2, 0) is 0 Å². The summed E-state index contributed by atoms with van der Waals surface area (Å²) >= 11 is 0. The molecule has 0 spiro atoms. The molecule has 84 valence electrons. The second-order valence-corrected chi connectivity index (χ2v) is 4.64. The van der Waals surface area contributed by atoms with Gasteiger partial charge in [-0.15, -0.1) is 0 Å². The summed E-state index contributed by atoms with van der Waals surface area (Å²) in [6, 6.07) is 0.731. The Morgan fingerprint density at radius 3 is 2.71 bits per heavy atom. The Labute approximate surface area is 89.1 Å². The van der Waals surface area contributed by atoms with Gasteiger partial charge in [0.25, 0.3) is 0 Å². The van der Waals surface area contributed by atoms with Crippen molar-refractivity contribution >= 4 is 0 Å². The zero-order valence-corrected chi connectivity index (χ0v) is 10.1. The molecule has 2 heteroatoms. The predicted molar refractivity (Wildman–Crippen MR) is 62.6 cm³/mol. The summed E-state index contributed by atoms with van der Waals surface area (Å²) < 4.78 is 0. The number of hydrogen-bond acceptors (Lipinski definition) is 2. The minimum Gasteiger partial charge on any atom is -0.314 e. The summed E-state index contributed by atoms with van der Waals surface area (Å²) in [7, 11) is 0. The minimum absolute atomic E-state index is 0.731. The number of piperidine rings is 1. The van der Waals surface area contributed by atoms with E-state index >= 15 is 0 Å². The molecule has 1 aliphatic heterocycles. The summed E-state index contributed by atoms with van der Waals surface area (Å²) in [6.45, 7) is 11.9. The average Bonchev–Trinajstić information content (AvgIpc) is 2.17. The lowest BCUT2D eigenvalue weighted by Crippen LogP contribution is -2.40. The first kappa shape index (κ1) is 12.0. The van der Waals surface area contributed by atoms with E-state index in [1.54, 1.807) is 0 Å². The zero-order chi connectivity index (χ0) is 10.4. The van der Waals surface area contributed by atoms with Crippen molar-refractivity contribution in [1.29, 1.82) is 0 Å². The van der Waals surface area contributed by atoms with E-state index < -0.39 is 0 Å². The molecule has 1 saturated heterocycles. The van der Waals surface area contributed by atoms with Gasteiger partial charge in [0, 0.05) is 12.6 Å². The molecule has 1 fully saturated rings. The number of hydrogen-bond donors (Lipinski definition) is 1. The van der Waals surface area contributed by atoms with E-state index in [4.69, 9.17) is 0 Å². The SMILES string of the molecule is CCCN(CC)CC1CCNC(C)C1.